The van der Waals surface area contributed by atoms with Gasteiger partial charge in [0.1, 0.15) is 0 Å². The van der Waals surface area contributed by atoms with Crippen molar-refractivity contribution in [1.82, 2.24) is 9.97 Å². The molecule has 1 aromatic carbocycles. The van der Waals surface area contributed by atoms with Crippen LogP contribution in [0.2, 0.25) is 0 Å². The molecule has 0 fully saturated rings. The Kier molecular flexibility index (Phi) is 6.24. The fourth-order valence-electron chi connectivity index (χ4n) is 2.80. The number of rotatable bonds is 7. The third kappa shape index (κ3) is 4.93. The molecule has 0 atom stereocenters. The molecule has 0 radical (unpaired) electrons. The first-order valence-corrected chi connectivity index (χ1v) is 9.88. The highest BCUT2D eigenvalue weighted by Gasteiger charge is 2.06. The lowest BCUT2D eigenvalue weighted by Gasteiger charge is -2.09. The van der Waals surface area contributed by atoms with Gasteiger partial charge in [-0.3, -0.25) is 4.98 Å². The summed E-state index contributed by atoms with van der Waals surface area (Å²) in [7, 11) is 0. The minimum atomic E-state index is 0.998. The second kappa shape index (κ2) is 8.82. The van der Waals surface area contributed by atoms with E-state index in [4.69, 9.17) is 4.98 Å². The Morgan fingerprint density at radius 2 is 1.68 bits per heavy atom. The number of aromatic nitrogens is 2. The molecule has 0 amide bonds. The van der Waals surface area contributed by atoms with E-state index in [9.17, 15) is 0 Å². The Morgan fingerprint density at radius 3 is 2.44 bits per heavy atom. The summed E-state index contributed by atoms with van der Waals surface area (Å²) in [6.07, 6.45) is 5.64. The highest BCUT2D eigenvalue weighted by molar-refractivity contribution is 7.99. The zero-order chi connectivity index (χ0) is 17.5. The SMILES string of the molecule is CCCCCSc1cccc(-c2cc(C)cc(-c3ccccn3)c2)n1. The molecule has 3 aromatic rings. The van der Waals surface area contributed by atoms with Crippen molar-refractivity contribution in [3.8, 4) is 22.5 Å². The van der Waals surface area contributed by atoms with Crippen LogP contribution in [0.3, 0.4) is 0 Å². The van der Waals surface area contributed by atoms with Crippen LogP contribution in [0.5, 0.6) is 0 Å². The van der Waals surface area contributed by atoms with Gasteiger partial charge in [0.05, 0.1) is 16.4 Å². The van der Waals surface area contributed by atoms with Crippen molar-refractivity contribution >= 4 is 11.8 Å². The number of pyridine rings is 2. The first-order chi connectivity index (χ1) is 12.3. The average Bonchev–Trinajstić information content (AvgIpc) is 2.66. The predicted molar refractivity (Wildman–Crippen MR) is 108 cm³/mol. The lowest BCUT2D eigenvalue weighted by atomic mass is 10.0. The van der Waals surface area contributed by atoms with E-state index in [0.29, 0.717) is 0 Å². The van der Waals surface area contributed by atoms with Gasteiger partial charge in [0.2, 0.25) is 0 Å². The van der Waals surface area contributed by atoms with Gasteiger partial charge in [-0.05, 0) is 67.1 Å². The molecular formula is C22H24N2S. The fourth-order valence-corrected chi connectivity index (χ4v) is 3.69. The number of hydrogen-bond acceptors (Lipinski definition) is 3. The van der Waals surface area contributed by atoms with Crippen LogP contribution in [0, 0.1) is 6.92 Å². The molecule has 3 heteroatoms. The lowest BCUT2D eigenvalue weighted by Crippen LogP contribution is -1.90. The van der Waals surface area contributed by atoms with Crippen molar-refractivity contribution in [2.45, 2.75) is 38.1 Å². The van der Waals surface area contributed by atoms with E-state index in [1.807, 2.05) is 36.2 Å². The first-order valence-electron chi connectivity index (χ1n) is 8.89. The van der Waals surface area contributed by atoms with E-state index in [2.05, 4.69) is 55.2 Å². The molecule has 25 heavy (non-hydrogen) atoms. The van der Waals surface area contributed by atoms with Crippen molar-refractivity contribution in [3.05, 3.63) is 66.4 Å². The zero-order valence-electron chi connectivity index (χ0n) is 14.9. The molecule has 2 heterocycles. The summed E-state index contributed by atoms with van der Waals surface area (Å²) in [4.78, 5) is 9.33. The summed E-state index contributed by atoms with van der Waals surface area (Å²) in [5.74, 6) is 1.14. The molecule has 3 rings (SSSR count). The Bertz CT molecular complexity index is 815. The molecule has 0 aliphatic heterocycles. The van der Waals surface area contributed by atoms with Gasteiger partial charge in [0, 0.05) is 17.3 Å². The maximum Gasteiger partial charge on any atom is 0.0967 e. The van der Waals surface area contributed by atoms with Gasteiger partial charge in [0.25, 0.3) is 0 Å². The van der Waals surface area contributed by atoms with Crippen LogP contribution in [0.1, 0.15) is 31.7 Å². The molecule has 128 valence electrons. The maximum absolute atomic E-state index is 4.86. The van der Waals surface area contributed by atoms with Crippen molar-refractivity contribution < 1.29 is 0 Å². The zero-order valence-corrected chi connectivity index (χ0v) is 15.7. The largest absolute Gasteiger partial charge is 0.256 e. The summed E-state index contributed by atoms with van der Waals surface area (Å²) >= 11 is 1.85. The second-order valence-corrected chi connectivity index (χ2v) is 7.33. The van der Waals surface area contributed by atoms with Crippen LogP contribution in [-0.4, -0.2) is 15.7 Å². The quantitative estimate of drug-likeness (QED) is 0.365. The van der Waals surface area contributed by atoms with Crippen LogP contribution in [0.4, 0.5) is 0 Å². The molecular weight excluding hydrogens is 324 g/mol. The van der Waals surface area contributed by atoms with Crippen molar-refractivity contribution in [3.63, 3.8) is 0 Å². The summed E-state index contributed by atoms with van der Waals surface area (Å²) in [5.41, 5.74) is 5.54. The van der Waals surface area contributed by atoms with Crippen molar-refractivity contribution in [1.29, 1.82) is 0 Å². The van der Waals surface area contributed by atoms with E-state index in [1.54, 1.807) is 0 Å². The van der Waals surface area contributed by atoms with Crippen LogP contribution in [0.25, 0.3) is 22.5 Å². The van der Waals surface area contributed by atoms with Crippen LogP contribution in [-0.2, 0) is 0 Å². The first kappa shape index (κ1) is 17.7. The van der Waals surface area contributed by atoms with Gasteiger partial charge >= 0.3 is 0 Å². The monoisotopic (exact) mass is 348 g/mol. The maximum atomic E-state index is 4.86. The highest BCUT2D eigenvalue weighted by atomic mass is 32.2. The second-order valence-electron chi connectivity index (χ2n) is 6.22. The van der Waals surface area contributed by atoms with E-state index < -0.39 is 0 Å². The summed E-state index contributed by atoms with van der Waals surface area (Å²) in [6, 6.07) is 18.9. The Balaban J connectivity index is 1.85. The van der Waals surface area contributed by atoms with Gasteiger partial charge in [-0.1, -0.05) is 31.9 Å². The number of benzene rings is 1. The predicted octanol–water partition coefficient (Wildman–Crippen LogP) is 6.40. The normalized spacial score (nSPS) is 10.8. The molecule has 0 N–H and O–H groups in total. The highest BCUT2D eigenvalue weighted by Crippen LogP contribution is 2.28. The molecule has 2 nitrogen and oxygen atoms in total. The number of nitrogens with zero attached hydrogens (tertiary/aromatic N) is 2. The smallest absolute Gasteiger partial charge is 0.0967 e. The molecule has 0 spiro atoms. The van der Waals surface area contributed by atoms with Crippen LogP contribution >= 0.6 is 11.8 Å². The van der Waals surface area contributed by atoms with Crippen molar-refractivity contribution in [2.24, 2.45) is 0 Å². The van der Waals surface area contributed by atoms with Crippen LogP contribution < -0.4 is 0 Å². The Hall–Kier alpha value is -2.13. The third-order valence-corrected chi connectivity index (χ3v) is 5.07. The standard InChI is InChI=1S/C22H24N2S/c1-3-4-7-13-25-22-11-8-10-21(24-22)19-15-17(2)14-18(16-19)20-9-5-6-12-23-20/h5-6,8-12,14-16H,3-4,7,13H2,1-2H3. The summed E-state index contributed by atoms with van der Waals surface area (Å²) < 4.78 is 0. The topological polar surface area (TPSA) is 25.8 Å². The summed E-state index contributed by atoms with van der Waals surface area (Å²) in [6.45, 7) is 4.36. The average molecular weight is 349 g/mol. The number of unbranched alkanes of at least 4 members (excludes halogenated alkanes) is 2. The molecule has 0 aliphatic rings. The van der Waals surface area contributed by atoms with E-state index in [1.165, 1.54) is 24.8 Å². The third-order valence-electron chi connectivity index (χ3n) is 4.06. The molecule has 0 bridgehead atoms. The molecule has 0 saturated heterocycles. The number of thioether (sulfide) groups is 1. The number of aryl methyl sites for hydroxylation is 1. The number of hydrogen-bond donors (Lipinski definition) is 0. The van der Waals surface area contributed by atoms with E-state index in [-0.39, 0.29) is 0 Å². The Morgan fingerprint density at radius 1 is 0.880 bits per heavy atom. The summed E-state index contributed by atoms with van der Waals surface area (Å²) in [5, 5.41) is 1.11. The van der Waals surface area contributed by atoms with Gasteiger partial charge in [-0.2, -0.15) is 0 Å². The molecule has 2 aromatic heterocycles. The van der Waals surface area contributed by atoms with E-state index in [0.717, 1.165) is 33.3 Å². The van der Waals surface area contributed by atoms with Crippen molar-refractivity contribution in [2.75, 3.05) is 5.75 Å². The fraction of sp³-hybridized carbons (Fsp3) is 0.273. The minimum absolute atomic E-state index is 0.998. The van der Waals surface area contributed by atoms with Gasteiger partial charge in [-0.15, -0.1) is 11.8 Å². The molecule has 0 unspecified atom stereocenters. The van der Waals surface area contributed by atoms with Crippen LogP contribution in [0.15, 0.2) is 65.8 Å². The minimum Gasteiger partial charge on any atom is -0.256 e. The lowest BCUT2D eigenvalue weighted by molar-refractivity contribution is 0.778. The molecule has 0 saturated carbocycles. The molecule has 0 aliphatic carbocycles. The Labute approximate surface area is 154 Å². The van der Waals surface area contributed by atoms with Gasteiger partial charge < -0.3 is 0 Å². The van der Waals surface area contributed by atoms with E-state index >= 15 is 0 Å². The van der Waals surface area contributed by atoms with Gasteiger partial charge in [0.15, 0.2) is 0 Å². The van der Waals surface area contributed by atoms with Gasteiger partial charge in [-0.25, -0.2) is 4.98 Å².